The number of benzene rings is 2. The Bertz CT molecular complexity index is 589. The van der Waals surface area contributed by atoms with Crippen LogP contribution in [0.1, 0.15) is 36.1 Å². The molecule has 0 aromatic heterocycles. The molecule has 2 rings (SSSR count). The van der Waals surface area contributed by atoms with E-state index in [1.54, 1.807) is 12.1 Å². The Morgan fingerprint density at radius 2 is 1.55 bits per heavy atom. The van der Waals surface area contributed by atoms with E-state index in [0.717, 1.165) is 5.56 Å². The highest BCUT2D eigenvalue weighted by Crippen LogP contribution is 2.40. The summed E-state index contributed by atoms with van der Waals surface area (Å²) in [5.41, 5.74) is 2.48. The van der Waals surface area contributed by atoms with Gasteiger partial charge in [-0.3, -0.25) is 0 Å². The molecule has 0 aliphatic heterocycles. The molecule has 2 aromatic rings. The van der Waals surface area contributed by atoms with E-state index in [0.29, 0.717) is 16.7 Å². The average molecular weight is 272 g/mol. The highest BCUT2D eigenvalue weighted by Gasteiger charge is 2.29. The summed E-state index contributed by atoms with van der Waals surface area (Å²) in [6.07, 6.45) is 0. The van der Waals surface area contributed by atoms with Gasteiger partial charge in [-0.05, 0) is 22.8 Å². The number of phenols is 1. The minimum Gasteiger partial charge on any atom is -0.508 e. The molecule has 0 fully saturated rings. The van der Waals surface area contributed by atoms with Gasteiger partial charge in [0.2, 0.25) is 0 Å². The van der Waals surface area contributed by atoms with Crippen molar-refractivity contribution in [1.82, 2.24) is 0 Å². The van der Waals surface area contributed by atoms with Crippen LogP contribution >= 0.6 is 0 Å². The first-order valence-electron chi connectivity index (χ1n) is 6.63. The first-order valence-corrected chi connectivity index (χ1v) is 6.63. The summed E-state index contributed by atoms with van der Waals surface area (Å²) >= 11 is 0. The second-order valence-corrected chi connectivity index (χ2v) is 5.40. The largest absolute Gasteiger partial charge is 0.508 e. The predicted molar refractivity (Wildman–Crippen MR) is 78.5 cm³/mol. The molecule has 0 aliphatic rings. The summed E-state index contributed by atoms with van der Waals surface area (Å²) in [7, 11) is 0. The van der Waals surface area contributed by atoms with Crippen molar-refractivity contribution < 1.29 is 15.3 Å². The van der Waals surface area contributed by atoms with Crippen LogP contribution in [0.2, 0.25) is 0 Å². The zero-order chi connectivity index (χ0) is 14.8. The Hall–Kier alpha value is -1.84. The lowest BCUT2D eigenvalue weighted by Gasteiger charge is -2.30. The molecule has 0 amide bonds. The average Bonchev–Trinajstić information content (AvgIpc) is 2.47. The number of hydrogen-bond donors (Lipinski definition) is 3. The van der Waals surface area contributed by atoms with Crippen LogP contribution in [-0.2, 0) is 18.6 Å². The van der Waals surface area contributed by atoms with Crippen molar-refractivity contribution in [2.75, 3.05) is 0 Å². The summed E-state index contributed by atoms with van der Waals surface area (Å²) < 4.78 is 0. The molecule has 0 heterocycles. The molecule has 0 aliphatic carbocycles. The highest BCUT2D eigenvalue weighted by molar-refractivity contribution is 5.52. The van der Waals surface area contributed by atoms with Crippen molar-refractivity contribution in [1.29, 1.82) is 0 Å². The smallest absolute Gasteiger partial charge is 0.120 e. The molecule has 2 aromatic carbocycles. The summed E-state index contributed by atoms with van der Waals surface area (Å²) in [5.74, 6) is 0.139. The lowest BCUT2D eigenvalue weighted by molar-refractivity contribution is 0.256. The van der Waals surface area contributed by atoms with E-state index in [-0.39, 0.29) is 19.0 Å². The number of rotatable bonds is 4. The highest BCUT2D eigenvalue weighted by atomic mass is 16.3. The molecular weight excluding hydrogens is 252 g/mol. The molecule has 0 bridgehead atoms. The fourth-order valence-electron chi connectivity index (χ4n) is 2.70. The zero-order valence-electron chi connectivity index (χ0n) is 11.8. The Kier molecular flexibility index (Phi) is 4.12. The van der Waals surface area contributed by atoms with Gasteiger partial charge in [-0.25, -0.2) is 0 Å². The lowest BCUT2D eigenvalue weighted by Crippen LogP contribution is -2.22. The predicted octanol–water partition coefficient (Wildman–Crippen LogP) is 2.70. The van der Waals surface area contributed by atoms with Gasteiger partial charge in [0.05, 0.1) is 13.2 Å². The van der Waals surface area contributed by atoms with E-state index >= 15 is 0 Å². The van der Waals surface area contributed by atoms with Gasteiger partial charge in [0, 0.05) is 11.0 Å². The fraction of sp³-hybridized carbons (Fsp3) is 0.294. The summed E-state index contributed by atoms with van der Waals surface area (Å²) in [6.45, 7) is 3.62. The number of phenolic OH excluding ortho intramolecular Hbond substituents is 1. The molecule has 0 radical (unpaired) electrons. The van der Waals surface area contributed by atoms with Crippen LogP contribution in [0.5, 0.6) is 5.75 Å². The van der Waals surface area contributed by atoms with E-state index in [9.17, 15) is 15.3 Å². The maximum atomic E-state index is 10.2. The normalized spacial score (nSPS) is 11.6. The maximum Gasteiger partial charge on any atom is 0.120 e. The van der Waals surface area contributed by atoms with Crippen molar-refractivity contribution in [3.05, 3.63) is 64.7 Å². The molecule has 3 nitrogen and oxygen atoms in total. The quantitative estimate of drug-likeness (QED) is 0.802. The number of aromatic hydroxyl groups is 1. The van der Waals surface area contributed by atoms with E-state index in [2.05, 4.69) is 0 Å². The molecule has 0 saturated heterocycles. The van der Waals surface area contributed by atoms with Crippen molar-refractivity contribution >= 4 is 0 Å². The van der Waals surface area contributed by atoms with Crippen molar-refractivity contribution in [3.8, 4) is 5.75 Å². The third-order valence-electron chi connectivity index (χ3n) is 3.84. The van der Waals surface area contributed by atoms with Gasteiger partial charge in [0.1, 0.15) is 5.75 Å². The first kappa shape index (κ1) is 14.6. The Morgan fingerprint density at radius 1 is 0.900 bits per heavy atom. The molecular formula is C17H20O3. The van der Waals surface area contributed by atoms with Gasteiger partial charge in [-0.2, -0.15) is 0 Å². The van der Waals surface area contributed by atoms with Crippen molar-refractivity contribution in [2.24, 2.45) is 0 Å². The maximum absolute atomic E-state index is 10.2. The molecule has 3 heteroatoms. The standard InChI is InChI=1S/C17H20O3/c1-17(2,13-6-4-3-5-7-13)16-14(11-19)12(10-18)8-9-15(16)20/h3-9,18-20H,10-11H2,1-2H3. The first-order chi connectivity index (χ1) is 9.52. The van der Waals surface area contributed by atoms with E-state index in [4.69, 9.17) is 0 Å². The van der Waals surface area contributed by atoms with Gasteiger partial charge >= 0.3 is 0 Å². The minimum atomic E-state index is -0.464. The SMILES string of the molecule is CC(C)(c1ccccc1)c1c(O)ccc(CO)c1CO. The molecule has 0 atom stereocenters. The fourth-order valence-corrected chi connectivity index (χ4v) is 2.70. The summed E-state index contributed by atoms with van der Waals surface area (Å²) in [6, 6.07) is 13.0. The van der Waals surface area contributed by atoms with E-state index < -0.39 is 5.41 Å². The molecule has 0 unspecified atom stereocenters. The van der Waals surface area contributed by atoms with Crippen LogP contribution in [0.25, 0.3) is 0 Å². The van der Waals surface area contributed by atoms with Gasteiger partial charge in [0.25, 0.3) is 0 Å². The third kappa shape index (κ3) is 2.42. The summed E-state index contributed by atoms with van der Waals surface area (Å²) in [4.78, 5) is 0. The van der Waals surface area contributed by atoms with Gasteiger partial charge in [-0.1, -0.05) is 50.2 Å². The Balaban J connectivity index is 2.68. The minimum absolute atomic E-state index is 0.139. The third-order valence-corrected chi connectivity index (χ3v) is 3.84. The van der Waals surface area contributed by atoms with Crippen molar-refractivity contribution in [2.45, 2.75) is 32.5 Å². The lowest BCUT2D eigenvalue weighted by atomic mass is 9.75. The van der Waals surface area contributed by atoms with E-state index in [1.807, 2.05) is 44.2 Å². The van der Waals surface area contributed by atoms with Gasteiger partial charge in [-0.15, -0.1) is 0 Å². The second-order valence-electron chi connectivity index (χ2n) is 5.40. The summed E-state index contributed by atoms with van der Waals surface area (Å²) in [5, 5.41) is 29.3. The second kappa shape index (κ2) is 5.65. The molecule has 3 N–H and O–H groups in total. The van der Waals surface area contributed by atoms with Crippen LogP contribution in [0.4, 0.5) is 0 Å². The van der Waals surface area contributed by atoms with Crippen LogP contribution in [0, 0.1) is 0 Å². The molecule has 0 spiro atoms. The Morgan fingerprint density at radius 3 is 2.10 bits per heavy atom. The molecule has 20 heavy (non-hydrogen) atoms. The number of aliphatic hydroxyl groups excluding tert-OH is 2. The van der Waals surface area contributed by atoms with Crippen LogP contribution < -0.4 is 0 Å². The number of hydrogen-bond acceptors (Lipinski definition) is 3. The van der Waals surface area contributed by atoms with Crippen LogP contribution in [0.15, 0.2) is 42.5 Å². The van der Waals surface area contributed by atoms with Crippen LogP contribution in [-0.4, -0.2) is 15.3 Å². The van der Waals surface area contributed by atoms with E-state index in [1.165, 1.54) is 0 Å². The Labute approximate surface area is 119 Å². The van der Waals surface area contributed by atoms with Gasteiger partial charge < -0.3 is 15.3 Å². The molecule has 0 saturated carbocycles. The topological polar surface area (TPSA) is 60.7 Å². The van der Waals surface area contributed by atoms with Crippen molar-refractivity contribution in [3.63, 3.8) is 0 Å². The molecule has 106 valence electrons. The number of aliphatic hydroxyl groups is 2. The van der Waals surface area contributed by atoms with Gasteiger partial charge in [0.15, 0.2) is 0 Å². The van der Waals surface area contributed by atoms with Crippen LogP contribution in [0.3, 0.4) is 0 Å². The zero-order valence-corrected chi connectivity index (χ0v) is 11.8. The monoisotopic (exact) mass is 272 g/mol.